The van der Waals surface area contributed by atoms with Crippen LogP contribution in [-0.4, -0.2) is 9.55 Å². The summed E-state index contributed by atoms with van der Waals surface area (Å²) in [5.74, 6) is 0. The van der Waals surface area contributed by atoms with E-state index in [1.807, 2.05) is 85.8 Å². The van der Waals surface area contributed by atoms with E-state index in [1.165, 1.54) is 0 Å². The first-order valence-corrected chi connectivity index (χ1v) is 9.77. The van der Waals surface area contributed by atoms with Gasteiger partial charge in [-0.2, -0.15) is 0 Å². The average molecular weight is 397 g/mol. The first-order chi connectivity index (χ1) is 14.1. The van der Waals surface area contributed by atoms with Crippen molar-refractivity contribution >= 4 is 33.3 Å². The second kappa shape index (κ2) is 6.87. The molecule has 5 rings (SSSR count). The third-order valence-electron chi connectivity index (χ3n) is 5.22. The third-order valence-corrected chi connectivity index (χ3v) is 5.46. The van der Waals surface area contributed by atoms with E-state index in [0.29, 0.717) is 10.4 Å². The van der Waals surface area contributed by atoms with Crippen LogP contribution in [0, 0.1) is 6.92 Å². The van der Waals surface area contributed by atoms with Crippen molar-refractivity contribution in [3.05, 3.63) is 106 Å². The van der Waals surface area contributed by atoms with Crippen molar-refractivity contribution in [1.29, 1.82) is 0 Å². The molecule has 0 bridgehead atoms. The van der Waals surface area contributed by atoms with Crippen molar-refractivity contribution in [2.75, 3.05) is 0 Å². The molecular formula is C25H17ClN2O. The molecule has 29 heavy (non-hydrogen) atoms. The maximum atomic E-state index is 13.7. The Hall–Kier alpha value is -3.43. The van der Waals surface area contributed by atoms with Crippen LogP contribution in [-0.2, 0) is 0 Å². The maximum Gasteiger partial charge on any atom is 0.263 e. The highest BCUT2D eigenvalue weighted by atomic mass is 35.5. The SMILES string of the molecule is Cc1ccc2cccnc2c1-n1c(-c2cccc(Cl)c2)cc2ccccc2c1=O. The molecule has 0 amide bonds. The van der Waals surface area contributed by atoms with Crippen molar-refractivity contribution in [2.24, 2.45) is 0 Å². The summed E-state index contributed by atoms with van der Waals surface area (Å²) in [5, 5.41) is 3.19. The number of aromatic nitrogens is 2. The van der Waals surface area contributed by atoms with E-state index in [2.05, 4.69) is 4.98 Å². The highest BCUT2D eigenvalue weighted by Crippen LogP contribution is 2.31. The van der Waals surface area contributed by atoms with Crippen LogP contribution in [0.3, 0.4) is 0 Å². The molecule has 3 nitrogen and oxygen atoms in total. The van der Waals surface area contributed by atoms with Crippen molar-refractivity contribution < 1.29 is 0 Å². The van der Waals surface area contributed by atoms with Gasteiger partial charge in [0, 0.05) is 27.6 Å². The van der Waals surface area contributed by atoms with Crippen molar-refractivity contribution in [3.8, 4) is 16.9 Å². The molecule has 140 valence electrons. The van der Waals surface area contributed by atoms with Gasteiger partial charge in [0.15, 0.2) is 0 Å². The standard InChI is InChI=1S/C25H17ClN2O/c1-16-11-12-17-8-5-13-27-23(17)24(16)28-22(19-7-4-9-20(26)14-19)15-18-6-2-3-10-21(18)25(28)29/h2-15H,1H3. The molecule has 0 saturated heterocycles. The molecule has 0 spiro atoms. The lowest BCUT2D eigenvalue weighted by Gasteiger charge is -2.18. The highest BCUT2D eigenvalue weighted by Gasteiger charge is 2.17. The second-order valence-corrected chi connectivity index (χ2v) is 7.51. The second-order valence-electron chi connectivity index (χ2n) is 7.07. The van der Waals surface area contributed by atoms with E-state index < -0.39 is 0 Å². The number of aryl methyl sites for hydroxylation is 1. The summed E-state index contributed by atoms with van der Waals surface area (Å²) >= 11 is 6.28. The average Bonchev–Trinajstić information content (AvgIpc) is 2.74. The lowest BCUT2D eigenvalue weighted by molar-refractivity contribution is 1.01. The van der Waals surface area contributed by atoms with Crippen LogP contribution in [0.2, 0.25) is 5.02 Å². The Balaban J connectivity index is 1.99. The van der Waals surface area contributed by atoms with Crippen molar-refractivity contribution in [1.82, 2.24) is 9.55 Å². The molecule has 0 saturated carbocycles. The minimum Gasteiger partial charge on any atom is -0.274 e. The van der Waals surface area contributed by atoms with Gasteiger partial charge in [-0.15, -0.1) is 0 Å². The molecule has 0 aliphatic heterocycles. The van der Waals surface area contributed by atoms with Crippen LogP contribution in [0.1, 0.15) is 5.56 Å². The Labute approximate surface area is 172 Å². The normalized spacial score (nSPS) is 11.2. The Morgan fingerprint density at radius 3 is 2.55 bits per heavy atom. The van der Waals surface area contributed by atoms with Crippen LogP contribution >= 0.6 is 11.6 Å². The number of nitrogens with zero attached hydrogens (tertiary/aromatic N) is 2. The zero-order chi connectivity index (χ0) is 20.0. The lowest BCUT2D eigenvalue weighted by Crippen LogP contribution is -2.21. The number of benzene rings is 3. The quantitative estimate of drug-likeness (QED) is 0.357. The molecule has 2 aromatic heterocycles. The minimum absolute atomic E-state index is 0.0701. The fourth-order valence-electron chi connectivity index (χ4n) is 3.85. The van der Waals surface area contributed by atoms with Gasteiger partial charge in [-0.1, -0.05) is 60.1 Å². The van der Waals surface area contributed by atoms with E-state index in [9.17, 15) is 4.79 Å². The van der Waals surface area contributed by atoms with Gasteiger partial charge in [-0.05, 0) is 48.2 Å². The van der Waals surface area contributed by atoms with Crippen LogP contribution in [0.25, 0.3) is 38.6 Å². The number of hydrogen-bond donors (Lipinski definition) is 0. The molecule has 4 heteroatoms. The fourth-order valence-corrected chi connectivity index (χ4v) is 4.04. The molecule has 0 aliphatic carbocycles. The summed E-state index contributed by atoms with van der Waals surface area (Å²) in [5.41, 5.74) is 4.18. The zero-order valence-electron chi connectivity index (χ0n) is 15.8. The van der Waals surface area contributed by atoms with E-state index in [4.69, 9.17) is 11.6 Å². The molecule has 0 N–H and O–H groups in total. The van der Waals surface area contributed by atoms with Gasteiger partial charge in [0.2, 0.25) is 0 Å². The van der Waals surface area contributed by atoms with Gasteiger partial charge in [0.1, 0.15) is 0 Å². The summed E-state index contributed by atoms with van der Waals surface area (Å²) in [6, 6.07) is 25.3. The van der Waals surface area contributed by atoms with Crippen LogP contribution in [0.15, 0.2) is 89.9 Å². The molecule has 5 aromatic rings. The summed E-state index contributed by atoms with van der Waals surface area (Å²) in [7, 11) is 0. The number of pyridine rings is 2. The molecule has 0 fully saturated rings. The monoisotopic (exact) mass is 396 g/mol. The first-order valence-electron chi connectivity index (χ1n) is 9.39. The van der Waals surface area contributed by atoms with Gasteiger partial charge in [0.25, 0.3) is 5.56 Å². The van der Waals surface area contributed by atoms with Crippen LogP contribution in [0.5, 0.6) is 0 Å². The molecule has 2 heterocycles. The Kier molecular flexibility index (Phi) is 4.18. The number of halogens is 1. The Morgan fingerprint density at radius 2 is 1.69 bits per heavy atom. The highest BCUT2D eigenvalue weighted by molar-refractivity contribution is 6.30. The molecular weight excluding hydrogens is 380 g/mol. The molecule has 3 aromatic carbocycles. The summed E-state index contributed by atoms with van der Waals surface area (Å²) in [6.45, 7) is 2.01. The minimum atomic E-state index is -0.0701. The number of hydrogen-bond acceptors (Lipinski definition) is 2. The van der Waals surface area contributed by atoms with E-state index in [0.717, 1.165) is 38.8 Å². The molecule has 0 unspecified atom stereocenters. The molecule has 0 aliphatic rings. The Morgan fingerprint density at radius 1 is 0.862 bits per heavy atom. The Bertz CT molecular complexity index is 1450. The topological polar surface area (TPSA) is 34.9 Å². The summed E-state index contributed by atoms with van der Waals surface area (Å²) in [6.07, 6.45) is 1.76. The first kappa shape index (κ1) is 17.7. The predicted molar refractivity (Wildman–Crippen MR) is 120 cm³/mol. The largest absolute Gasteiger partial charge is 0.274 e. The predicted octanol–water partition coefficient (Wildman–Crippen LogP) is 6.17. The molecule has 0 radical (unpaired) electrons. The van der Waals surface area contributed by atoms with Crippen molar-refractivity contribution in [2.45, 2.75) is 6.92 Å². The van der Waals surface area contributed by atoms with Crippen LogP contribution in [0.4, 0.5) is 0 Å². The number of rotatable bonds is 2. The third kappa shape index (κ3) is 2.91. The van der Waals surface area contributed by atoms with Gasteiger partial charge in [0.05, 0.1) is 16.9 Å². The van der Waals surface area contributed by atoms with E-state index in [1.54, 1.807) is 10.8 Å². The van der Waals surface area contributed by atoms with Crippen LogP contribution < -0.4 is 5.56 Å². The zero-order valence-corrected chi connectivity index (χ0v) is 16.5. The van der Waals surface area contributed by atoms with Crippen molar-refractivity contribution in [3.63, 3.8) is 0 Å². The van der Waals surface area contributed by atoms with E-state index in [-0.39, 0.29) is 5.56 Å². The van der Waals surface area contributed by atoms with Gasteiger partial charge in [-0.3, -0.25) is 14.3 Å². The number of fused-ring (bicyclic) bond motifs is 2. The van der Waals surface area contributed by atoms with Gasteiger partial charge >= 0.3 is 0 Å². The van der Waals surface area contributed by atoms with Gasteiger partial charge < -0.3 is 0 Å². The van der Waals surface area contributed by atoms with Gasteiger partial charge in [-0.25, -0.2) is 0 Å². The lowest BCUT2D eigenvalue weighted by atomic mass is 10.0. The van der Waals surface area contributed by atoms with E-state index >= 15 is 0 Å². The fraction of sp³-hybridized carbons (Fsp3) is 0.0400. The maximum absolute atomic E-state index is 13.7. The molecule has 0 atom stereocenters. The summed E-state index contributed by atoms with van der Waals surface area (Å²) in [4.78, 5) is 18.3. The summed E-state index contributed by atoms with van der Waals surface area (Å²) < 4.78 is 1.78. The smallest absolute Gasteiger partial charge is 0.263 e.